The van der Waals surface area contributed by atoms with Crippen LogP contribution in [-0.2, 0) is 0 Å². The highest BCUT2D eigenvalue weighted by Crippen LogP contribution is 2.27. The van der Waals surface area contributed by atoms with Gasteiger partial charge in [-0.1, -0.05) is 36.4 Å². The Labute approximate surface area is 159 Å². The minimum Gasteiger partial charge on any atom is -0.495 e. The van der Waals surface area contributed by atoms with Crippen LogP contribution < -0.4 is 15.4 Å². The van der Waals surface area contributed by atoms with Gasteiger partial charge in [0, 0.05) is 6.20 Å². The average molecular weight is 361 g/mol. The number of rotatable bonds is 6. The number of anilines is 2. The van der Waals surface area contributed by atoms with Gasteiger partial charge in [0.1, 0.15) is 11.6 Å². The summed E-state index contributed by atoms with van der Waals surface area (Å²) in [7, 11) is 1.63. The van der Waals surface area contributed by atoms with Crippen molar-refractivity contribution in [2.45, 2.75) is 19.9 Å². The predicted molar refractivity (Wildman–Crippen MR) is 108 cm³/mol. The summed E-state index contributed by atoms with van der Waals surface area (Å²) in [6.45, 7) is 3.97. The molecule has 0 aliphatic carbocycles. The molecule has 3 rings (SSSR count). The molecule has 0 saturated heterocycles. The largest absolute Gasteiger partial charge is 0.495 e. The van der Waals surface area contributed by atoms with Crippen molar-refractivity contribution in [2.75, 3.05) is 12.4 Å². The molecule has 5 nitrogen and oxygen atoms in total. The van der Waals surface area contributed by atoms with Crippen molar-refractivity contribution >= 4 is 17.4 Å². The second-order valence-electron chi connectivity index (χ2n) is 6.37. The molecular formula is C22H23N3O2. The van der Waals surface area contributed by atoms with Gasteiger partial charge in [0.05, 0.1) is 24.4 Å². The number of amides is 1. The molecule has 3 aromatic rings. The number of benzene rings is 2. The topological polar surface area (TPSA) is 63.2 Å². The van der Waals surface area contributed by atoms with Crippen LogP contribution in [0.4, 0.5) is 11.5 Å². The Kier molecular flexibility index (Phi) is 5.71. The summed E-state index contributed by atoms with van der Waals surface area (Å²) in [5, 5.41) is 6.22. The molecule has 138 valence electrons. The fourth-order valence-corrected chi connectivity index (χ4v) is 2.76. The van der Waals surface area contributed by atoms with Gasteiger partial charge >= 0.3 is 0 Å². The number of hydrogen-bond acceptors (Lipinski definition) is 4. The van der Waals surface area contributed by atoms with Gasteiger partial charge in [-0.25, -0.2) is 4.98 Å². The molecule has 0 saturated carbocycles. The van der Waals surface area contributed by atoms with Crippen LogP contribution in [0, 0.1) is 6.92 Å². The highest BCUT2D eigenvalue weighted by atomic mass is 16.5. The molecule has 0 aliphatic rings. The Morgan fingerprint density at radius 2 is 1.85 bits per heavy atom. The summed E-state index contributed by atoms with van der Waals surface area (Å²) in [4.78, 5) is 16.8. The Hall–Kier alpha value is -3.34. The van der Waals surface area contributed by atoms with Crippen molar-refractivity contribution in [3.8, 4) is 5.75 Å². The molecule has 0 bridgehead atoms. The van der Waals surface area contributed by atoms with Crippen LogP contribution in [0.2, 0.25) is 0 Å². The quantitative estimate of drug-likeness (QED) is 0.672. The molecule has 2 N–H and O–H groups in total. The SMILES string of the molecule is COc1ccc(C)cc1Nc1ccc(C(=O)NC(C)c2ccccc2)cn1. The van der Waals surface area contributed by atoms with Crippen LogP contribution in [0.25, 0.3) is 0 Å². The molecule has 1 atom stereocenters. The molecule has 5 heteroatoms. The summed E-state index contributed by atoms with van der Waals surface area (Å²) in [5.74, 6) is 1.23. The van der Waals surface area contributed by atoms with Crippen molar-refractivity contribution in [3.05, 3.63) is 83.6 Å². The van der Waals surface area contributed by atoms with E-state index in [2.05, 4.69) is 15.6 Å². The molecule has 1 amide bonds. The minimum absolute atomic E-state index is 0.0759. The molecule has 1 heterocycles. The summed E-state index contributed by atoms with van der Waals surface area (Å²) >= 11 is 0. The molecule has 0 fully saturated rings. The number of carbonyl (C=O) groups is 1. The monoisotopic (exact) mass is 361 g/mol. The van der Waals surface area contributed by atoms with E-state index in [1.807, 2.05) is 62.4 Å². The minimum atomic E-state index is -0.154. The second-order valence-corrected chi connectivity index (χ2v) is 6.37. The Bertz CT molecular complexity index is 909. The van der Waals surface area contributed by atoms with Crippen molar-refractivity contribution in [2.24, 2.45) is 0 Å². The third-order valence-electron chi connectivity index (χ3n) is 4.29. The van der Waals surface area contributed by atoms with E-state index < -0.39 is 0 Å². The predicted octanol–water partition coefficient (Wildman–Crippen LogP) is 4.63. The third kappa shape index (κ3) is 4.64. The van der Waals surface area contributed by atoms with E-state index in [-0.39, 0.29) is 11.9 Å². The molecular weight excluding hydrogens is 338 g/mol. The zero-order chi connectivity index (χ0) is 19.2. The first kappa shape index (κ1) is 18.5. The van der Waals surface area contributed by atoms with Crippen molar-refractivity contribution < 1.29 is 9.53 Å². The van der Waals surface area contributed by atoms with Crippen molar-refractivity contribution in [1.82, 2.24) is 10.3 Å². The number of nitrogens with one attached hydrogen (secondary N) is 2. The van der Waals surface area contributed by atoms with E-state index in [9.17, 15) is 4.79 Å². The zero-order valence-electron chi connectivity index (χ0n) is 15.7. The maximum absolute atomic E-state index is 12.5. The van der Waals surface area contributed by atoms with Crippen LogP contribution in [-0.4, -0.2) is 18.0 Å². The number of ether oxygens (including phenoxy) is 1. The van der Waals surface area contributed by atoms with Gasteiger partial charge < -0.3 is 15.4 Å². The Balaban J connectivity index is 1.68. The maximum atomic E-state index is 12.5. The van der Waals surface area contributed by atoms with Crippen LogP contribution in [0.1, 0.15) is 34.5 Å². The summed E-state index contributed by atoms with van der Waals surface area (Å²) < 4.78 is 5.37. The third-order valence-corrected chi connectivity index (χ3v) is 4.29. The van der Waals surface area contributed by atoms with E-state index >= 15 is 0 Å². The number of aryl methyl sites for hydroxylation is 1. The van der Waals surface area contributed by atoms with Gasteiger partial charge in [-0.15, -0.1) is 0 Å². The van der Waals surface area contributed by atoms with Gasteiger partial charge in [0.25, 0.3) is 5.91 Å². The van der Waals surface area contributed by atoms with Gasteiger partial charge in [-0.05, 0) is 49.2 Å². The van der Waals surface area contributed by atoms with Crippen molar-refractivity contribution in [1.29, 1.82) is 0 Å². The normalized spacial score (nSPS) is 11.5. The van der Waals surface area contributed by atoms with E-state index in [0.717, 1.165) is 22.6 Å². The van der Waals surface area contributed by atoms with Crippen LogP contribution in [0.5, 0.6) is 5.75 Å². The Morgan fingerprint density at radius 3 is 2.52 bits per heavy atom. The van der Waals surface area contributed by atoms with Gasteiger partial charge in [0.15, 0.2) is 0 Å². The van der Waals surface area contributed by atoms with Crippen LogP contribution >= 0.6 is 0 Å². The Morgan fingerprint density at radius 1 is 1.07 bits per heavy atom. The molecule has 0 aliphatic heterocycles. The number of pyridine rings is 1. The standard InChI is InChI=1S/C22H23N3O2/c1-15-9-11-20(27-3)19(13-15)25-21-12-10-18(14-23-21)22(26)24-16(2)17-7-5-4-6-8-17/h4-14,16H,1-3H3,(H,23,25)(H,24,26). The van der Waals surface area contributed by atoms with Crippen molar-refractivity contribution in [3.63, 3.8) is 0 Å². The first-order chi connectivity index (χ1) is 13.1. The van der Waals surface area contributed by atoms with E-state index in [4.69, 9.17) is 4.74 Å². The van der Waals surface area contributed by atoms with Crippen LogP contribution in [0.15, 0.2) is 66.9 Å². The number of carbonyl (C=O) groups excluding carboxylic acids is 1. The van der Waals surface area contributed by atoms with Gasteiger partial charge in [0.2, 0.25) is 0 Å². The van der Waals surface area contributed by atoms with E-state index in [1.165, 1.54) is 0 Å². The number of nitrogens with zero attached hydrogens (tertiary/aromatic N) is 1. The molecule has 0 radical (unpaired) electrons. The fraction of sp³-hybridized carbons (Fsp3) is 0.182. The molecule has 27 heavy (non-hydrogen) atoms. The lowest BCUT2D eigenvalue weighted by molar-refractivity contribution is 0.0939. The second kappa shape index (κ2) is 8.36. The highest BCUT2D eigenvalue weighted by Gasteiger charge is 2.12. The first-order valence-corrected chi connectivity index (χ1v) is 8.80. The lowest BCUT2D eigenvalue weighted by Crippen LogP contribution is -2.26. The first-order valence-electron chi connectivity index (χ1n) is 8.80. The van der Waals surface area contributed by atoms with Gasteiger partial charge in [-0.3, -0.25) is 4.79 Å². The van der Waals surface area contributed by atoms with E-state index in [1.54, 1.807) is 25.4 Å². The molecule has 1 unspecified atom stereocenters. The number of methoxy groups -OCH3 is 1. The zero-order valence-corrected chi connectivity index (χ0v) is 15.7. The summed E-state index contributed by atoms with van der Waals surface area (Å²) in [6.07, 6.45) is 1.57. The fourth-order valence-electron chi connectivity index (χ4n) is 2.76. The van der Waals surface area contributed by atoms with E-state index in [0.29, 0.717) is 11.4 Å². The average Bonchev–Trinajstić information content (AvgIpc) is 2.69. The summed E-state index contributed by atoms with van der Waals surface area (Å²) in [6, 6.07) is 19.2. The molecule has 1 aromatic heterocycles. The number of aromatic nitrogens is 1. The smallest absolute Gasteiger partial charge is 0.253 e. The highest BCUT2D eigenvalue weighted by molar-refractivity contribution is 5.94. The molecule has 2 aromatic carbocycles. The van der Waals surface area contributed by atoms with Gasteiger partial charge in [-0.2, -0.15) is 0 Å². The lowest BCUT2D eigenvalue weighted by atomic mass is 10.1. The molecule has 0 spiro atoms. The summed E-state index contributed by atoms with van der Waals surface area (Å²) in [5.41, 5.74) is 3.52. The maximum Gasteiger partial charge on any atom is 0.253 e. The number of hydrogen-bond donors (Lipinski definition) is 2. The van der Waals surface area contributed by atoms with Crippen LogP contribution in [0.3, 0.4) is 0 Å². The lowest BCUT2D eigenvalue weighted by Gasteiger charge is -2.15.